The molecule has 1 aromatic carbocycles. The molecule has 21 heavy (non-hydrogen) atoms. The Morgan fingerprint density at radius 2 is 2.24 bits per heavy atom. The molecule has 2 rings (SSSR count). The first-order chi connectivity index (χ1) is 9.82. The maximum atomic E-state index is 14.0. The first-order valence-corrected chi connectivity index (χ1v) is 6.96. The zero-order valence-corrected chi connectivity index (χ0v) is 12.4. The van der Waals surface area contributed by atoms with Crippen LogP contribution in [-0.4, -0.2) is 42.0 Å². The highest BCUT2D eigenvalue weighted by Gasteiger charge is 2.43. The zero-order chi connectivity index (χ0) is 15.6. The van der Waals surface area contributed by atoms with Crippen molar-refractivity contribution in [3.63, 3.8) is 0 Å². The van der Waals surface area contributed by atoms with E-state index in [1.54, 1.807) is 30.0 Å². The number of amides is 2. The molecule has 3 N–H and O–H groups in total. The third-order valence-corrected chi connectivity index (χ3v) is 4.06. The minimum Gasteiger partial charge on any atom is -0.367 e. The van der Waals surface area contributed by atoms with Gasteiger partial charge >= 0.3 is 0 Å². The minimum atomic E-state index is -2.04. The minimum absolute atomic E-state index is 0.00486. The summed E-state index contributed by atoms with van der Waals surface area (Å²) in [5.74, 6) is -1.26. The number of halogens is 2. The summed E-state index contributed by atoms with van der Waals surface area (Å²) in [6, 6.07) is 5.21. The maximum absolute atomic E-state index is 14.0. The number of alkyl halides is 1. The van der Waals surface area contributed by atoms with Gasteiger partial charge in [-0.3, -0.25) is 14.5 Å². The molecule has 114 valence electrons. The summed E-state index contributed by atoms with van der Waals surface area (Å²) in [7, 11) is 0. The van der Waals surface area contributed by atoms with Gasteiger partial charge in [0, 0.05) is 30.2 Å². The molecule has 0 saturated carbocycles. The summed E-state index contributed by atoms with van der Waals surface area (Å²) >= 11 is 5.98. The molecule has 1 aromatic rings. The number of likely N-dealkylation sites (tertiary alicyclic amines) is 1. The SMILES string of the molecule is Cc1c(Cl)cccc1NC(=O)CN1CCC(F)(C(N)=O)C1. The number of nitrogens with zero attached hydrogens (tertiary/aromatic N) is 1. The highest BCUT2D eigenvalue weighted by Crippen LogP contribution is 2.26. The van der Waals surface area contributed by atoms with Crippen LogP contribution in [0.4, 0.5) is 10.1 Å². The second-order valence-electron chi connectivity index (χ2n) is 5.25. The van der Waals surface area contributed by atoms with E-state index in [2.05, 4.69) is 5.32 Å². The van der Waals surface area contributed by atoms with Gasteiger partial charge in [-0.15, -0.1) is 0 Å². The molecule has 1 heterocycles. The Morgan fingerprint density at radius 3 is 2.86 bits per heavy atom. The molecule has 0 bridgehead atoms. The van der Waals surface area contributed by atoms with Gasteiger partial charge in [0.25, 0.3) is 5.91 Å². The number of anilines is 1. The third kappa shape index (κ3) is 3.51. The number of rotatable bonds is 4. The molecule has 0 spiro atoms. The van der Waals surface area contributed by atoms with E-state index in [0.717, 1.165) is 5.56 Å². The maximum Gasteiger partial charge on any atom is 0.256 e. The summed E-state index contributed by atoms with van der Waals surface area (Å²) in [5, 5.41) is 3.29. The van der Waals surface area contributed by atoms with Gasteiger partial charge in [0.05, 0.1) is 6.54 Å². The lowest BCUT2D eigenvalue weighted by atomic mass is 10.1. The van der Waals surface area contributed by atoms with Gasteiger partial charge in [-0.2, -0.15) is 0 Å². The molecular formula is C14H17ClFN3O2. The topological polar surface area (TPSA) is 75.4 Å². The fourth-order valence-electron chi connectivity index (χ4n) is 2.32. The first kappa shape index (κ1) is 15.7. The standard InChI is InChI=1S/C14H17ClFN3O2/c1-9-10(15)3-2-4-11(9)18-12(20)7-19-6-5-14(16,8-19)13(17)21/h2-4H,5-8H2,1H3,(H2,17,21)(H,18,20). The monoisotopic (exact) mass is 313 g/mol. The van der Waals surface area contributed by atoms with Crippen molar-refractivity contribution in [2.24, 2.45) is 5.73 Å². The first-order valence-electron chi connectivity index (χ1n) is 6.58. The summed E-state index contributed by atoms with van der Waals surface area (Å²) in [4.78, 5) is 24.6. The van der Waals surface area contributed by atoms with E-state index in [0.29, 0.717) is 17.3 Å². The van der Waals surface area contributed by atoms with E-state index in [4.69, 9.17) is 17.3 Å². The second kappa shape index (κ2) is 5.99. The number of hydrogen-bond acceptors (Lipinski definition) is 3. The summed E-state index contributed by atoms with van der Waals surface area (Å²) < 4.78 is 14.0. The van der Waals surface area contributed by atoms with Crippen LogP contribution in [0, 0.1) is 6.92 Å². The number of primary amides is 1. The van der Waals surface area contributed by atoms with Crippen LogP contribution in [-0.2, 0) is 9.59 Å². The average Bonchev–Trinajstić information content (AvgIpc) is 2.78. The molecule has 1 atom stereocenters. The number of benzene rings is 1. The lowest BCUT2D eigenvalue weighted by molar-refractivity contribution is -0.129. The van der Waals surface area contributed by atoms with Crippen molar-refractivity contribution in [1.82, 2.24) is 4.90 Å². The lowest BCUT2D eigenvalue weighted by Crippen LogP contribution is -2.43. The van der Waals surface area contributed by atoms with Crippen LogP contribution in [0.3, 0.4) is 0 Å². The van der Waals surface area contributed by atoms with E-state index in [-0.39, 0.29) is 25.4 Å². The number of carbonyl (C=O) groups is 2. The van der Waals surface area contributed by atoms with Crippen LogP contribution in [0.5, 0.6) is 0 Å². The molecule has 0 radical (unpaired) electrons. The van der Waals surface area contributed by atoms with E-state index in [9.17, 15) is 14.0 Å². The Bertz CT molecular complexity index is 581. The highest BCUT2D eigenvalue weighted by atomic mass is 35.5. The van der Waals surface area contributed by atoms with Crippen molar-refractivity contribution in [3.05, 3.63) is 28.8 Å². The smallest absolute Gasteiger partial charge is 0.256 e. The number of nitrogens with two attached hydrogens (primary N) is 1. The molecule has 7 heteroatoms. The Labute approximate surface area is 127 Å². The Morgan fingerprint density at radius 1 is 1.52 bits per heavy atom. The molecule has 0 aliphatic carbocycles. The molecule has 1 saturated heterocycles. The molecular weight excluding hydrogens is 297 g/mol. The van der Waals surface area contributed by atoms with Gasteiger partial charge in [-0.05, 0) is 24.6 Å². The normalized spacial score (nSPS) is 22.2. The Balaban J connectivity index is 1.94. The van der Waals surface area contributed by atoms with E-state index in [1.807, 2.05) is 0 Å². The number of nitrogens with one attached hydrogen (secondary N) is 1. The quantitative estimate of drug-likeness (QED) is 0.884. The van der Waals surface area contributed by atoms with Crippen molar-refractivity contribution in [3.8, 4) is 0 Å². The van der Waals surface area contributed by atoms with Gasteiger partial charge in [0.2, 0.25) is 11.6 Å². The largest absolute Gasteiger partial charge is 0.367 e. The predicted octanol–water partition coefficient (Wildman–Crippen LogP) is 1.49. The molecule has 1 aliphatic heterocycles. The molecule has 5 nitrogen and oxygen atoms in total. The predicted molar refractivity (Wildman–Crippen MR) is 78.9 cm³/mol. The fraction of sp³-hybridized carbons (Fsp3) is 0.429. The van der Waals surface area contributed by atoms with Crippen LogP contribution >= 0.6 is 11.6 Å². The second-order valence-corrected chi connectivity index (χ2v) is 5.66. The number of hydrogen-bond donors (Lipinski definition) is 2. The van der Waals surface area contributed by atoms with Crippen molar-refractivity contribution in [2.75, 3.05) is 25.0 Å². The van der Waals surface area contributed by atoms with Crippen LogP contribution in [0.1, 0.15) is 12.0 Å². The van der Waals surface area contributed by atoms with Crippen molar-refractivity contribution < 1.29 is 14.0 Å². The van der Waals surface area contributed by atoms with Gasteiger partial charge in [-0.25, -0.2) is 4.39 Å². The fourth-order valence-corrected chi connectivity index (χ4v) is 2.49. The molecule has 1 unspecified atom stereocenters. The molecule has 2 amide bonds. The molecule has 0 aromatic heterocycles. The van der Waals surface area contributed by atoms with Crippen molar-refractivity contribution in [1.29, 1.82) is 0 Å². The van der Waals surface area contributed by atoms with Crippen molar-refractivity contribution >= 4 is 29.1 Å². The van der Waals surface area contributed by atoms with Crippen LogP contribution < -0.4 is 11.1 Å². The van der Waals surface area contributed by atoms with Crippen molar-refractivity contribution in [2.45, 2.75) is 19.0 Å². The van der Waals surface area contributed by atoms with Crippen LogP contribution in [0.25, 0.3) is 0 Å². The number of carbonyl (C=O) groups excluding carboxylic acids is 2. The van der Waals surface area contributed by atoms with E-state index >= 15 is 0 Å². The molecule has 1 aliphatic rings. The Kier molecular flexibility index (Phi) is 4.49. The van der Waals surface area contributed by atoms with Gasteiger partial charge < -0.3 is 11.1 Å². The van der Waals surface area contributed by atoms with Gasteiger partial charge in [0.1, 0.15) is 0 Å². The summed E-state index contributed by atoms with van der Waals surface area (Å²) in [6.45, 7) is 1.98. The highest BCUT2D eigenvalue weighted by molar-refractivity contribution is 6.31. The van der Waals surface area contributed by atoms with Gasteiger partial charge in [-0.1, -0.05) is 17.7 Å². The third-order valence-electron chi connectivity index (χ3n) is 3.65. The van der Waals surface area contributed by atoms with E-state index < -0.39 is 11.6 Å². The van der Waals surface area contributed by atoms with Crippen LogP contribution in [0.2, 0.25) is 5.02 Å². The lowest BCUT2D eigenvalue weighted by Gasteiger charge is -2.18. The summed E-state index contributed by atoms with van der Waals surface area (Å²) in [6.07, 6.45) is 0.0196. The van der Waals surface area contributed by atoms with Crippen LogP contribution in [0.15, 0.2) is 18.2 Å². The summed E-state index contributed by atoms with van der Waals surface area (Å²) in [5.41, 5.74) is 4.38. The average molecular weight is 314 g/mol. The molecule has 1 fully saturated rings. The van der Waals surface area contributed by atoms with Gasteiger partial charge in [0.15, 0.2) is 0 Å². The zero-order valence-electron chi connectivity index (χ0n) is 11.7. The van der Waals surface area contributed by atoms with E-state index in [1.165, 1.54) is 0 Å². The Hall–Kier alpha value is -1.66.